The van der Waals surface area contributed by atoms with Crippen molar-refractivity contribution < 1.29 is 37.4 Å². The third kappa shape index (κ3) is 3.57. The van der Waals surface area contributed by atoms with Crippen molar-refractivity contribution in [3.8, 4) is 5.75 Å². The molecular weight excluding hydrogens is 485 g/mol. The molecule has 10 nitrogen and oxygen atoms in total. The van der Waals surface area contributed by atoms with Gasteiger partial charge in [0.05, 0.1) is 0 Å². The topological polar surface area (TPSA) is 122 Å². The monoisotopic (exact) mass is 506 g/mol. The number of aromatic nitrogens is 1. The normalized spacial score (nSPS) is 24.5. The van der Waals surface area contributed by atoms with Crippen LogP contribution in [0.2, 0.25) is 0 Å². The van der Waals surface area contributed by atoms with Crippen LogP contribution < -0.4 is 10.7 Å². The largest absolute Gasteiger partial charge is 0.503 e. The lowest BCUT2D eigenvalue weighted by molar-refractivity contribution is -0.194. The summed E-state index contributed by atoms with van der Waals surface area (Å²) in [4.78, 5) is 46.1. The molecule has 2 N–H and O–H groups in total. The summed E-state index contributed by atoms with van der Waals surface area (Å²) in [6.45, 7) is 2.79. The first-order valence-corrected chi connectivity index (χ1v) is 11.1. The van der Waals surface area contributed by atoms with Gasteiger partial charge in [-0.25, -0.2) is 13.2 Å². The number of amides is 2. The maximum atomic E-state index is 14.0. The van der Waals surface area contributed by atoms with E-state index in [1.54, 1.807) is 6.92 Å². The lowest BCUT2D eigenvalue weighted by Crippen LogP contribution is -2.53. The van der Waals surface area contributed by atoms with Crippen LogP contribution in [0.15, 0.2) is 28.3 Å². The number of aromatic hydroxyl groups is 1. The SMILES string of the molecule is CC1=NO[C@@]2(CC[C@H](C)N3C[C@H]2n2cc(C(=O)NCc4c(F)cc(F)cc4F)c(=O)c(O)c2C3=O)O1. The zero-order chi connectivity index (χ0) is 25.9. The van der Waals surface area contributed by atoms with Gasteiger partial charge < -0.3 is 29.5 Å². The van der Waals surface area contributed by atoms with Crippen molar-refractivity contribution in [3.05, 3.63) is 62.8 Å². The van der Waals surface area contributed by atoms with E-state index in [0.29, 0.717) is 25.0 Å². The van der Waals surface area contributed by atoms with E-state index < -0.39 is 69.9 Å². The summed E-state index contributed by atoms with van der Waals surface area (Å²) in [6.07, 6.45) is 1.88. The smallest absolute Gasteiger partial charge is 0.299 e. The molecule has 1 saturated heterocycles. The Morgan fingerprint density at radius 3 is 2.61 bits per heavy atom. The molecule has 0 saturated carbocycles. The van der Waals surface area contributed by atoms with Crippen molar-refractivity contribution in [2.45, 2.75) is 51.1 Å². The molecule has 4 heterocycles. The molecule has 0 aliphatic carbocycles. The van der Waals surface area contributed by atoms with E-state index in [9.17, 15) is 32.7 Å². The van der Waals surface area contributed by atoms with E-state index in [1.165, 1.54) is 9.47 Å². The third-order valence-corrected chi connectivity index (χ3v) is 6.75. The summed E-state index contributed by atoms with van der Waals surface area (Å²) in [5.74, 6) is -7.30. The van der Waals surface area contributed by atoms with Gasteiger partial charge in [-0.2, -0.15) is 0 Å². The van der Waals surface area contributed by atoms with Crippen molar-refractivity contribution in [2.24, 2.45) is 5.16 Å². The van der Waals surface area contributed by atoms with Crippen LogP contribution in [0.5, 0.6) is 5.75 Å². The Morgan fingerprint density at radius 1 is 1.28 bits per heavy atom. The number of nitrogens with one attached hydrogen (secondary N) is 1. The molecule has 1 fully saturated rings. The Hall–Kier alpha value is -4.03. The zero-order valence-electron chi connectivity index (χ0n) is 19.2. The highest BCUT2D eigenvalue weighted by molar-refractivity contribution is 5.99. The molecule has 2 aromatic rings. The highest BCUT2D eigenvalue weighted by Crippen LogP contribution is 2.44. The number of rotatable bonds is 3. The Balaban J connectivity index is 1.55. The van der Waals surface area contributed by atoms with Gasteiger partial charge in [0.2, 0.25) is 11.3 Å². The highest BCUT2D eigenvalue weighted by Gasteiger charge is 2.55. The van der Waals surface area contributed by atoms with Gasteiger partial charge in [0.15, 0.2) is 11.4 Å². The van der Waals surface area contributed by atoms with Crippen LogP contribution in [0.1, 0.15) is 59.1 Å². The van der Waals surface area contributed by atoms with Gasteiger partial charge in [0.25, 0.3) is 17.6 Å². The molecule has 5 rings (SSSR count). The third-order valence-electron chi connectivity index (χ3n) is 6.75. The van der Waals surface area contributed by atoms with Crippen LogP contribution in [-0.2, 0) is 16.1 Å². The molecule has 1 aromatic heterocycles. The summed E-state index contributed by atoms with van der Waals surface area (Å²) in [7, 11) is 0. The second kappa shape index (κ2) is 8.28. The van der Waals surface area contributed by atoms with Gasteiger partial charge in [-0.05, 0) is 18.5 Å². The first kappa shape index (κ1) is 23.7. The number of benzene rings is 1. The molecule has 1 aromatic carbocycles. The number of hydrogen-bond acceptors (Lipinski definition) is 7. The molecule has 3 atom stereocenters. The van der Waals surface area contributed by atoms with E-state index in [4.69, 9.17) is 9.57 Å². The average Bonchev–Trinajstić information content (AvgIpc) is 3.14. The van der Waals surface area contributed by atoms with Gasteiger partial charge >= 0.3 is 0 Å². The molecule has 3 aliphatic rings. The predicted molar refractivity (Wildman–Crippen MR) is 117 cm³/mol. The maximum absolute atomic E-state index is 14.0. The quantitative estimate of drug-likeness (QED) is 0.658. The van der Waals surface area contributed by atoms with E-state index in [0.717, 1.165) is 6.20 Å². The predicted octanol–water partition coefficient (Wildman–Crippen LogP) is 2.16. The lowest BCUT2D eigenvalue weighted by atomic mass is 9.99. The van der Waals surface area contributed by atoms with Crippen LogP contribution in [0.25, 0.3) is 0 Å². The van der Waals surface area contributed by atoms with Gasteiger partial charge in [0.1, 0.15) is 29.1 Å². The van der Waals surface area contributed by atoms with Gasteiger partial charge in [-0.15, -0.1) is 0 Å². The van der Waals surface area contributed by atoms with E-state index in [2.05, 4.69) is 10.5 Å². The fourth-order valence-corrected chi connectivity index (χ4v) is 4.85. The summed E-state index contributed by atoms with van der Waals surface area (Å²) >= 11 is 0. The number of fused-ring (bicyclic) bond motifs is 5. The first-order chi connectivity index (χ1) is 17.0. The Labute approximate surface area is 201 Å². The average molecular weight is 506 g/mol. The zero-order valence-corrected chi connectivity index (χ0v) is 19.2. The van der Waals surface area contributed by atoms with E-state index in [-0.39, 0.29) is 24.2 Å². The minimum atomic E-state index is -1.35. The number of nitrogens with zero attached hydrogens (tertiary/aromatic N) is 3. The van der Waals surface area contributed by atoms with Crippen molar-refractivity contribution in [2.75, 3.05) is 6.54 Å². The Morgan fingerprint density at radius 2 is 1.97 bits per heavy atom. The number of oxime groups is 1. The molecule has 2 bridgehead atoms. The molecule has 0 radical (unpaired) electrons. The van der Waals surface area contributed by atoms with Crippen molar-refractivity contribution in [1.82, 2.24) is 14.8 Å². The molecule has 1 spiro atoms. The van der Waals surface area contributed by atoms with Crippen molar-refractivity contribution in [1.29, 1.82) is 0 Å². The lowest BCUT2D eigenvalue weighted by Gasteiger charge is -2.40. The van der Waals surface area contributed by atoms with Crippen LogP contribution >= 0.6 is 0 Å². The standard InChI is InChI=1S/C23H21F3N4O6/c1-10-3-4-23(35-11(2)28-36-23)17-9-29(10)22(34)18-20(32)19(31)14(8-30(17)18)21(33)27-7-13-15(25)5-12(24)6-16(13)26/h5-6,8,10,17,32H,3-4,7,9H2,1-2H3,(H,27,33)/t10-,17+,23+/m0/s1. The van der Waals surface area contributed by atoms with E-state index in [1.807, 2.05) is 6.92 Å². The van der Waals surface area contributed by atoms with Crippen LogP contribution in [0.3, 0.4) is 0 Å². The minimum Gasteiger partial charge on any atom is -0.503 e. The van der Waals surface area contributed by atoms with Gasteiger partial charge in [-0.1, -0.05) is 0 Å². The number of carbonyl (C=O) groups is 2. The molecular formula is C23H21F3N4O6. The summed E-state index contributed by atoms with van der Waals surface area (Å²) < 4.78 is 48.3. The van der Waals surface area contributed by atoms with Gasteiger partial charge in [-0.3, -0.25) is 14.4 Å². The summed E-state index contributed by atoms with van der Waals surface area (Å²) in [6, 6.07) is -0.139. The summed E-state index contributed by atoms with van der Waals surface area (Å²) in [5.41, 5.74) is -2.68. The molecule has 36 heavy (non-hydrogen) atoms. The fourth-order valence-electron chi connectivity index (χ4n) is 4.85. The minimum absolute atomic E-state index is 0.0885. The van der Waals surface area contributed by atoms with Crippen LogP contribution in [0, 0.1) is 17.5 Å². The molecule has 0 unspecified atom stereocenters. The Bertz CT molecular complexity index is 1370. The first-order valence-electron chi connectivity index (χ1n) is 11.1. The molecule has 190 valence electrons. The van der Waals surface area contributed by atoms with Crippen LogP contribution in [0.4, 0.5) is 13.2 Å². The maximum Gasteiger partial charge on any atom is 0.299 e. The van der Waals surface area contributed by atoms with E-state index >= 15 is 0 Å². The number of pyridine rings is 1. The number of halogens is 3. The number of hydrogen-bond donors (Lipinski definition) is 2. The molecule has 13 heteroatoms. The molecule has 2 amide bonds. The second-order valence-electron chi connectivity index (χ2n) is 8.98. The number of carbonyl (C=O) groups excluding carboxylic acids is 2. The summed E-state index contributed by atoms with van der Waals surface area (Å²) in [5, 5.41) is 16.8. The van der Waals surface area contributed by atoms with Gasteiger partial charge in [0, 0.05) is 56.4 Å². The Kier molecular flexibility index (Phi) is 5.45. The number of ether oxygens (including phenoxy) is 1. The van der Waals surface area contributed by atoms with Crippen LogP contribution in [-0.4, -0.2) is 50.7 Å². The highest BCUT2D eigenvalue weighted by atomic mass is 19.1. The second-order valence-corrected chi connectivity index (χ2v) is 8.98. The van der Waals surface area contributed by atoms with Crippen molar-refractivity contribution in [3.63, 3.8) is 0 Å². The van der Waals surface area contributed by atoms with Crippen molar-refractivity contribution >= 4 is 17.7 Å². The molecule has 3 aliphatic heterocycles. The fraction of sp³-hybridized carbons (Fsp3) is 0.391.